The highest BCUT2D eigenvalue weighted by Gasteiger charge is 2.33. The molecule has 2 rings (SSSR count). The highest BCUT2D eigenvalue weighted by Crippen LogP contribution is 2.28. The fourth-order valence-electron chi connectivity index (χ4n) is 2.24. The Bertz CT molecular complexity index is 422. The van der Waals surface area contributed by atoms with Crippen molar-refractivity contribution in [2.75, 3.05) is 23.7 Å². The molecule has 1 aliphatic rings. The van der Waals surface area contributed by atoms with E-state index in [1.165, 1.54) is 6.92 Å². The second-order valence-electron chi connectivity index (χ2n) is 4.98. The molecular formula is C13H19N3O2. The number of nitrogen functional groups attached to an aromatic ring is 1. The summed E-state index contributed by atoms with van der Waals surface area (Å²) in [5.41, 5.74) is 5.95. The maximum atomic E-state index is 11.0. The number of nitrogens with two attached hydrogens (primary N) is 1. The Labute approximate surface area is 107 Å². The number of rotatable bonds is 2. The quantitative estimate of drug-likeness (QED) is 0.806. The molecule has 0 saturated carbocycles. The van der Waals surface area contributed by atoms with Gasteiger partial charge in [0.15, 0.2) is 0 Å². The van der Waals surface area contributed by atoms with E-state index in [4.69, 9.17) is 10.5 Å². The molecule has 0 aromatic carbocycles. The number of carbonyl (C=O) groups excluding carboxylic acids is 1. The Morgan fingerprint density at radius 1 is 1.44 bits per heavy atom. The van der Waals surface area contributed by atoms with E-state index in [-0.39, 0.29) is 11.6 Å². The molecular weight excluding hydrogens is 230 g/mol. The van der Waals surface area contributed by atoms with Crippen LogP contribution in [0.5, 0.6) is 0 Å². The smallest absolute Gasteiger partial charge is 0.303 e. The monoisotopic (exact) mass is 249 g/mol. The molecule has 1 aromatic rings. The van der Waals surface area contributed by atoms with Gasteiger partial charge in [-0.15, -0.1) is 0 Å². The standard InChI is InChI=1S/C13H19N3O2/c1-10(17)18-13(2)5-7-16(8-6-13)12-4-3-11(14)9-15-12/h3-4,9H,5-8,14H2,1-2H3. The van der Waals surface area contributed by atoms with Crippen molar-refractivity contribution in [1.82, 2.24) is 4.98 Å². The summed E-state index contributed by atoms with van der Waals surface area (Å²) in [4.78, 5) is 17.5. The average molecular weight is 249 g/mol. The second kappa shape index (κ2) is 4.84. The van der Waals surface area contributed by atoms with Gasteiger partial charge in [-0.05, 0) is 19.1 Å². The highest BCUT2D eigenvalue weighted by molar-refractivity contribution is 5.66. The Balaban J connectivity index is 1.98. The van der Waals surface area contributed by atoms with Gasteiger partial charge in [0, 0.05) is 32.9 Å². The largest absolute Gasteiger partial charge is 0.459 e. The van der Waals surface area contributed by atoms with Crippen LogP contribution in [0.2, 0.25) is 0 Å². The van der Waals surface area contributed by atoms with E-state index in [0.717, 1.165) is 31.7 Å². The molecule has 5 heteroatoms. The minimum atomic E-state index is -0.337. The Kier molecular flexibility index (Phi) is 3.41. The Hall–Kier alpha value is -1.78. The summed E-state index contributed by atoms with van der Waals surface area (Å²) in [7, 11) is 0. The maximum absolute atomic E-state index is 11.0. The molecule has 1 aromatic heterocycles. The van der Waals surface area contributed by atoms with Gasteiger partial charge in [0.1, 0.15) is 11.4 Å². The van der Waals surface area contributed by atoms with Crippen LogP contribution in [0.1, 0.15) is 26.7 Å². The number of hydrogen-bond donors (Lipinski definition) is 1. The van der Waals surface area contributed by atoms with Gasteiger partial charge in [-0.25, -0.2) is 4.98 Å². The number of carbonyl (C=O) groups is 1. The Morgan fingerprint density at radius 2 is 2.11 bits per heavy atom. The van der Waals surface area contributed by atoms with Crippen molar-refractivity contribution in [2.24, 2.45) is 0 Å². The predicted molar refractivity (Wildman–Crippen MR) is 70.3 cm³/mol. The number of hydrogen-bond acceptors (Lipinski definition) is 5. The molecule has 2 heterocycles. The molecule has 0 amide bonds. The third-order valence-electron chi connectivity index (χ3n) is 3.31. The summed E-state index contributed by atoms with van der Waals surface area (Å²) < 4.78 is 5.38. The summed E-state index contributed by atoms with van der Waals surface area (Å²) in [5, 5.41) is 0. The number of ether oxygens (including phenoxy) is 1. The van der Waals surface area contributed by atoms with E-state index in [2.05, 4.69) is 9.88 Å². The van der Waals surface area contributed by atoms with E-state index in [9.17, 15) is 4.79 Å². The minimum absolute atomic E-state index is 0.212. The molecule has 2 N–H and O–H groups in total. The molecule has 1 saturated heterocycles. The third kappa shape index (κ3) is 2.91. The van der Waals surface area contributed by atoms with Crippen LogP contribution in [-0.2, 0) is 9.53 Å². The lowest BCUT2D eigenvalue weighted by Gasteiger charge is -2.39. The molecule has 1 fully saturated rings. The lowest BCUT2D eigenvalue weighted by molar-refractivity contribution is -0.157. The van der Waals surface area contributed by atoms with Crippen LogP contribution in [0.15, 0.2) is 18.3 Å². The molecule has 0 spiro atoms. The number of nitrogens with zero attached hydrogens (tertiary/aromatic N) is 2. The van der Waals surface area contributed by atoms with Crippen molar-refractivity contribution < 1.29 is 9.53 Å². The SMILES string of the molecule is CC(=O)OC1(C)CCN(c2ccc(N)cn2)CC1. The fraction of sp³-hybridized carbons (Fsp3) is 0.538. The predicted octanol–water partition coefficient (Wildman–Crippen LogP) is 1.59. The summed E-state index contributed by atoms with van der Waals surface area (Å²) in [6, 6.07) is 3.77. The van der Waals surface area contributed by atoms with E-state index >= 15 is 0 Å². The van der Waals surface area contributed by atoms with Gasteiger partial charge in [-0.3, -0.25) is 4.79 Å². The molecule has 0 aliphatic carbocycles. The van der Waals surface area contributed by atoms with E-state index in [0.29, 0.717) is 5.69 Å². The zero-order chi connectivity index (χ0) is 13.2. The zero-order valence-electron chi connectivity index (χ0n) is 10.8. The van der Waals surface area contributed by atoms with E-state index in [1.54, 1.807) is 6.20 Å². The number of anilines is 2. The van der Waals surface area contributed by atoms with Crippen molar-refractivity contribution in [2.45, 2.75) is 32.3 Å². The van der Waals surface area contributed by atoms with Crippen LogP contribution in [0, 0.1) is 0 Å². The summed E-state index contributed by atoms with van der Waals surface area (Å²) in [6.07, 6.45) is 3.30. The third-order valence-corrected chi connectivity index (χ3v) is 3.31. The van der Waals surface area contributed by atoms with Gasteiger partial charge in [-0.2, -0.15) is 0 Å². The first-order chi connectivity index (χ1) is 8.48. The van der Waals surface area contributed by atoms with Gasteiger partial charge >= 0.3 is 5.97 Å². The van der Waals surface area contributed by atoms with Crippen LogP contribution in [0.25, 0.3) is 0 Å². The molecule has 18 heavy (non-hydrogen) atoms. The fourth-order valence-corrected chi connectivity index (χ4v) is 2.24. The molecule has 5 nitrogen and oxygen atoms in total. The normalized spacial score (nSPS) is 18.4. The van der Waals surface area contributed by atoms with Gasteiger partial charge in [0.05, 0.1) is 11.9 Å². The van der Waals surface area contributed by atoms with Crippen molar-refractivity contribution in [3.8, 4) is 0 Å². The number of esters is 1. The summed E-state index contributed by atoms with van der Waals surface area (Å²) in [6.45, 7) is 5.11. The van der Waals surface area contributed by atoms with Crippen LogP contribution in [-0.4, -0.2) is 29.6 Å². The first-order valence-electron chi connectivity index (χ1n) is 6.15. The van der Waals surface area contributed by atoms with Gasteiger partial charge < -0.3 is 15.4 Å². The molecule has 0 radical (unpaired) electrons. The maximum Gasteiger partial charge on any atom is 0.303 e. The molecule has 0 atom stereocenters. The second-order valence-corrected chi connectivity index (χ2v) is 4.98. The summed E-state index contributed by atoms with van der Waals surface area (Å²) in [5.74, 6) is 0.714. The van der Waals surface area contributed by atoms with Crippen LogP contribution in [0.4, 0.5) is 11.5 Å². The number of piperidine rings is 1. The summed E-state index contributed by atoms with van der Waals surface area (Å²) >= 11 is 0. The van der Waals surface area contributed by atoms with Crippen LogP contribution >= 0.6 is 0 Å². The van der Waals surface area contributed by atoms with Crippen molar-refractivity contribution >= 4 is 17.5 Å². The van der Waals surface area contributed by atoms with Crippen molar-refractivity contribution in [3.63, 3.8) is 0 Å². The number of pyridine rings is 1. The lowest BCUT2D eigenvalue weighted by Crippen LogP contribution is -2.45. The first kappa shape index (κ1) is 12.7. The van der Waals surface area contributed by atoms with E-state index < -0.39 is 0 Å². The average Bonchev–Trinajstić information content (AvgIpc) is 2.30. The number of aromatic nitrogens is 1. The van der Waals surface area contributed by atoms with Gasteiger partial charge in [0.2, 0.25) is 0 Å². The highest BCUT2D eigenvalue weighted by atomic mass is 16.6. The first-order valence-corrected chi connectivity index (χ1v) is 6.15. The van der Waals surface area contributed by atoms with Crippen molar-refractivity contribution in [3.05, 3.63) is 18.3 Å². The zero-order valence-corrected chi connectivity index (χ0v) is 10.8. The van der Waals surface area contributed by atoms with Crippen LogP contribution in [0.3, 0.4) is 0 Å². The molecule has 0 bridgehead atoms. The molecule has 98 valence electrons. The molecule has 0 unspecified atom stereocenters. The topological polar surface area (TPSA) is 68.5 Å². The Morgan fingerprint density at radius 3 is 2.61 bits per heavy atom. The van der Waals surface area contributed by atoms with Crippen molar-refractivity contribution in [1.29, 1.82) is 0 Å². The lowest BCUT2D eigenvalue weighted by atomic mass is 9.93. The van der Waals surface area contributed by atoms with Gasteiger partial charge in [-0.1, -0.05) is 0 Å². The van der Waals surface area contributed by atoms with Crippen LogP contribution < -0.4 is 10.6 Å². The van der Waals surface area contributed by atoms with Gasteiger partial charge in [0.25, 0.3) is 0 Å². The van der Waals surface area contributed by atoms with E-state index in [1.807, 2.05) is 19.1 Å². The minimum Gasteiger partial charge on any atom is -0.459 e. The molecule has 1 aliphatic heterocycles.